The number of ether oxygens (including phenoxy) is 4. The van der Waals surface area contributed by atoms with Crippen LogP contribution in [0.15, 0.2) is 18.2 Å². The Balaban J connectivity index is 2.02. The van der Waals surface area contributed by atoms with E-state index in [1.54, 1.807) is 14.2 Å². The van der Waals surface area contributed by atoms with E-state index in [2.05, 4.69) is 12.2 Å². The van der Waals surface area contributed by atoms with Gasteiger partial charge in [-0.2, -0.15) is 0 Å². The SMILES string of the molecule is COc1ccc(C(C)NC2COC(C)(C)OC2)c(OC)c1. The molecule has 1 aliphatic heterocycles. The summed E-state index contributed by atoms with van der Waals surface area (Å²) in [7, 11) is 3.31. The molecule has 0 aliphatic carbocycles. The molecule has 1 N–H and O–H groups in total. The minimum atomic E-state index is -0.487. The van der Waals surface area contributed by atoms with E-state index in [4.69, 9.17) is 18.9 Å². The van der Waals surface area contributed by atoms with Crippen molar-refractivity contribution in [1.29, 1.82) is 0 Å². The zero-order valence-electron chi connectivity index (χ0n) is 13.4. The van der Waals surface area contributed by atoms with Crippen molar-refractivity contribution >= 4 is 0 Å². The number of nitrogens with one attached hydrogen (secondary N) is 1. The molecule has 0 radical (unpaired) electrons. The highest BCUT2D eigenvalue weighted by atomic mass is 16.7. The van der Waals surface area contributed by atoms with Gasteiger partial charge in [0, 0.05) is 17.7 Å². The minimum absolute atomic E-state index is 0.129. The molecule has 1 unspecified atom stereocenters. The van der Waals surface area contributed by atoms with Crippen molar-refractivity contribution in [3.63, 3.8) is 0 Å². The fourth-order valence-electron chi connectivity index (χ4n) is 2.41. The van der Waals surface area contributed by atoms with Gasteiger partial charge in [-0.25, -0.2) is 0 Å². The molecule has 1 heterocycles. The Morgan fingerprint density at radius 1 is 1.19 bits per heavy atom. The first-order valence-electron chi connectivity index (χ1n) is 7.21. The largest absolute Gasteiger partial charge is 0.497 e. The molecule has 0 amide bonds. The Kier molecular flexibility index (Phi) is 5.08. The third-order valence-electron chi connectivity index (χ3n) is 3.66. The van der Waals surface area contributed by atoms with Crippen LogP contribution in [-0.4, -0.2) is 39.3 Å². The molecule has 1 aromatic carbocycles. The van der Waals surface area contributed by atoms with Gasteiger partial charge in [-0.05, 0) is 26.8 Å². The summed E-state index contributed by atoms with van der Waals surface area (Å²) in [6, 6.07) is 6.14. The number of rotatable bonds is 5. The van der Waals surface area contributed by atoms with Crippen molar-refractivity contribution in [2.45, 2.75) is 38.6 Å². The van der Waals surface area contributed by atoms with E-state index >= 15 is 0 Å². The highest BCUT2D eigenvalue weighted by Crippen LogP contribution is 2.30. The van der Waals surface area contributed by atoms with Crippen LogP contribution in [-0.2, 0) is 9.47 Å². The van der Waals surface area contributed by atoms with Crippen LogP contribution in [0.4, 0.5) is 0 Å². The van der Waals surface area contributed by atoms with E-state index in [-0.39, 0.29) is 12.1 Å². The highest BCUT2D eigenvalue weighted by Gasteiger charge is 2.29. The summed E-state index contributed by atoms with van der Waals surface area (Å²) in [5, 5.41) is 3.51. The molecule has 0 aromatic heterocycles. The molecule has 5 heteroatoms. The molecule has 1 fully saturated rings. The molecule has 1 aliphatic rings. The third kappa shape index (κ3) is 4.09. The number of hydrogen-bond donors (Lipinski definition) is 1. The molecule has 1 saturated heterocycles. The molecule has 1 aromatic rings. The van der Waals surface area contributed by atoms with Crippen LogP contribution in [0.3, 0.4) is 0 Å². The van der Waals surface area contributed by atoms with Gasteiger partial charge in [-0.3, -0.25) is 0 Å². The predicted octanol–water partition coefficient (Wildman–Crippen LogP) is 2.51. The maximum Gasteiger partial charge on any atom is 0.162 e. The van der Waals surface area contributed by atoms with E-state index in [9.17, 15) is 0 Å². The van der Waals surface area contributed by atoms with Gasteiger partial charge in [0.05, 0.1) is 33.5 Å². The lowest BCUT2D eigenvalue weighted by Gasteiger charge is -2.36. The maximum atomic E-state index is 5.67. The van der Waals surface area contributed by atoms with Crippen LogP contribution < -0.4 is 14.8 Å². The quantitative estimate of drug-likeness (QED) is 0.904. The van der Waals surface area contributed by atoms with Crippen molar-refractivity contribution in [2.24, 2.45) is 0 Å². The van der Waals surface area contributed by atoms with Crippen LogP contribution >= 0.6 is 0 Å². The molecule has 0 bridgehead atoms. The van der Waals surface area contributed by atoms with E-state index in [0.29, 0.717) is 13.2 Å². The third-order valence-corrected chi connectivity index (χ3v) is 3.66. The average Bonchev–Trinajstić information content (AvgIpc) is 2.48. The maximum absolute atomic E-state index is 5.67. The second-order valence-electron chi connectivity index (χ2n) is 5.71. The monoisotopic (exact) mass is 295 g/mol. The van der Waals surface area contributed by atoms with Crippen LogP contribution in [0.1, 0.15) is 32.4 Å². The summed E-state index contributed by atoms with van der Waals surface area (Å²) >= 11 is 0. The zero-order chi connectivity index (χ0) is 15.5. The minimum Gasteiger partial charge on any atom is -0.497 e. The molecule has 21 heavy (non-hydrogen) atoms. The summed E-state index contributed by atoms with van der Waals surface area (Å²) in [5.41, 5.74) is 1.09. The van der Waals surface area contributed by atoms with Crippen molar-refractivity contribution < 1.29 is 18.9 Å². The summed E-state index contributed by atoms with van der Waals surface area (Å²) < 4.78 is 22.0. The number of benzene rings is 1. The van der Waals surface area contributed by atoms with Gasteiger partial charge in [0.1, 0.15) is 11.5 Å². The van der Waals surface area contributed by atoms with Gasteiger partial charge in [-0.1, -0.05) is 6.07 Å². The van der Waals surface area contributed by atoms with Crippen molar-refractivity contribution in [2.75, 3.05) is 27.4 Å². The van der Waals surface area contributed by atoms with Gasteiger partial charge in [0.2, 0.25) is 0 Å². The smallest absolute Gasteiger partial charge is 0.162 e. The molecule has 2 rings (SSSR count). The first kappa shape index (κ1) is 16.1. The van der Waals surface area contributed by atoms with E-state index in [1.807, 2.05) is 32.0 Å². The second-order valence-corrected chi connectivity index (χ2v) is 5.71. The molecular formula is C16H25NO4. The van der Waals surface area contributed by atoms with Crippen molar-refractivity contribution in [3.05, 3.63) is 23.8 Å². The average molecular weight is 295 g/mol. The summed E-state index contributed by atoms with van der Waals surface area (Å²) in [4.78, 5) is 0. The van der Waals surface area contributed by atoms with Crippen LogP contribution in [0.5, 0.6) is 11.5 Å². The molecule has 1 atom stereocenters. The van der Waals surface area contributed by atoms with E-state index in [0.717, 1.165) is 17.1 Å². The Morgan fingerprint density at radius 2 is 1.86 bits per heavy atom. The lowest BCUT2D eigenvalue weighted by molar-refractivity contribution is -0.253. The second kappa shape index (κ2) is 6.64. The Hall–Kier alpha value is -1.30. The lowest BCUT2D eigenvalue weighted by Crippen LogP contribution is -2.49. The van der Waals surface area contributed by atoms with Gasteiger partial charge >= 0.3 is 0 Å². The van der Waals surface area contributed by atoms with Crippen molar-refractivity contribution in [3.8, 4) is 11.5 Å². The van der Waals surface area contributed by atoms with Gasteiger partial charge in [0.15, 0.2) is 5.79 Å². The summed E-state index contributed by atoms with van der Waals surface area (Å²) in [6.07, 6.45) is 0. The lowest BCUT2D eigenvalue weighted by atomic mass is 10.1. The highest BCUT2D eigenvalue weighted by molar-refractivity contribution is 5.42. The van der Waals surface area contributed by atoms with Crippen LogP contribution in [0.25, 0.3) is 0 Å². The molecular weight excluding hydrogens is 270 g/mol. The Labute approximate surface area is 126 Å². The Bertz CT molecular complexity index is 465. The van der Waals surface area contributed by atoms with E-state index < -0.39 is 5.79 Å². The Morgan fingerprint density at radius 3 is 2.43 bits per heavy atom. The fraction of sp³-hybridized carbons (Fsp3) is 0.625. The predicted molar refractivity (Wildman–Crippen MR) is 80.9 cm³/mol. The summed E-state index contributed by atoms with van der Waals surface area (Å²) in [5.74, 6) is 1.11. The van der Waals surface area contributed by atoms with Gasteiger partial charge in [0.25, 0.3) is 0 Å². The van der Waals surface area contributed by atoms with Gasteiger partial charge < -0.3 is 24.3 Å². The molecule has 5 nitrogen and oxygen atoms in total. The normalized spacial score (nSPS) is 20.0. The van der Waals surface area contributed by atoms with Crippen LogP contribution in [0.2, 0.25) is 0 Å². The number of methoxy groups -OCH3 is 2. The first-order valence-corrected chi connectivity index (χ1v) is 7.21. The fourth-order valence-corrected chi connectivity index (χ4v) is 2.41. The zero-order valence-corrected chi connectivity index (χ0v) is 13.4. The van der Waals surface area contributed by atoms with Crippen LogP contribution in [0, 0.1) is 0 Å². The first-order chi connectivity index (χ1) is 9.95. The molecule has 0 spiro atoms. The topological polar surface area (TPSA) is 49.0 Å². The standard InChI is InChI=1S/C16H25NO4/c1-11(17-12-9-20-16(2,3)21-10-12)14-7-6-13(18-4)8-15(14)19-5/h6-8,11-12,17H,9-10H2,1-5H3. The molecule has 0 saturated carbocycles. The van der Waals surface area contributed by atoms with Gasteiger partial charge in [-0.15, -0.1) is 0 Å². The van der Waals surface area contributed by atoms with Crippen molar-refractivity contribution in [1.82, 2.24) is 5.32 Å². The molecule has 118 valence electrons. The summed E-state index contributed by atoms with van der Waals surface area (Å²) in [6.45, 7) is 7.23. The number of hydrogen-bond acceptors (Lipinski definition) is 5. The van der Waals surface area contributed by atoms with E-state index in [1.165, 1.54) is 0 Å².